The van der Waals surface area contributed by atoms with Gasteiger partial charge in [0.05, 0.1) is 5.69 Å². The second-order valence-electron chi connectivity index (χ2n) is 4.60. The number of carbonyl (C=O) groups excluding carboxylic acids is 1. The van der Waals surface area contributed by atoms with Gasteiger partial charge in [-0.25, -0.2) is 0 Å². The number of benzene rings is 2. The fourth-order valence-corrected chi connectivity index (χ4v) is 1.97. The molecule has 0 atom stereocenters. The number of hydrazone groups is 1. The summed E-state index contributed by atoms with van der Waals surface area (Å²) < 4.78 is 5.43. The topological polar surface area (TPSA) is 41.9 Å². The molecule has 0 saturated heterocycles. The first-order valence-electron chi connectivity index (χ1n) is 6.40. The summed E-state index contributed by atoms with van der Waals surface area (Å²) in [6, 6.07) is 17.2. The normalized spacial score (nSPS) is 14.8. The van der Waals surface area contributed by atoms with Crippen molar-refractivity contribution >= 4 is 17.5 Å². The minimum absolute atomic E-state index is 0.00159. The quantitative estimate of drug-likeness (QED) is 0.838. The molecule has 1 amide bonds. The van der Waals surface area contributed by atoms with Crippen LogP contribution in [0.3, 0.4) is 0 Å². The van der Waals surface area contributed by atoms with Gasteiger partial charge in [-0.1, -0.05) is 35.9 Å². The number of carbonyl (C=O) groups is 1. The molecule has 0 bridgehead atoms. The summed E-state index contributed by atoms with van der Waals surface area (Å²) in [5, 5.41) is 5.70. The maximum absolute atomic E-state index is 11.9. The van der Waals surface area contributed by atoms with E-state index >= 15 is 0 Å². The van der Waals surface area contributed by atoms with Crippen LogP contribution in [0.4, 0.5) is 5.69 Å². The van der Waals surface area contributed by atoms with Gasteiger partial charge in [-0.3, -0.25) is 4.79 Å². The predicted molar refractivity (Wildman–Crippen MR) is 77.6 cm³/mol. The zero-order valence-corrected chi connectivity index (χ0v) is 11.1. The standard InChI is InChI=1S/C16H14N2O2/c1-12-7-9-13(10-8-12)16-17-18(15(19)11-20-16)14-5-3-2-4-6-14/h2-10H,11H2,1H3. The summed E-state index contributed by atoms with van der Waals surface area (Å²) in [7, 11) is 0. The minimum atomic E-state index is -0.174. The van der Waals surface area contributed by atoms with Crippen molar-refractivity contribution in [1.29, 1.82) is 0 Å². The SMILES string of the molecule is Cc1ccc(C2=NN(c3ccccc3)C(=O)CO2)cc1. The second kappa shape index (κ2) is 5.17. The van der Waals surface area contributed by atoms with Gasteiger partial charge >= 0.3 is 0 Å². The van der Waals surface area contributed by atoms with Gasteiger partial charge in [-0.2, -0.15) is 5.01 Å². The number of anilines is 1. The van der Waals surface area contributed by atoms with Crippen LogP contribution in [0.1, 0.15) is 11.1 Å². The van der Waals surface area contributed by atoms with Gasteiger partial charge in [0, 0.05) is 5.56 Å². The fraction of sp³-hybridized carbons (Fsp3) is 0.125. The van der Waals surface area contributed by atoms with E-state index in [9.17, 15) is 4.79 Å². The molecule has 0 aromatic heterocycles. The van der Waals surface area contributed by atoms with Gasteiger partial charge in [0.15, 0.2) is 6.61 Å². The number of para-hydroxylation sites is 1. The molecule has 2 aromatic rings. The smallest absolute Gasteiger partial charge is 0.285 e. The molecule has 100 valence electrons. The van der Waals surface area contributed by atoms with Crippen molar-refractivity contribution in [3.63, 3.8) is 0 Å². The third-order valence-electron chi connectivity index (χ3n) is 3.06. The Labute approximate surface area is 117 Å². The molecule has 1 aliphatic rings. The van der Waals surface area contributed by atoms with Crippen LogP contribution in [0.2, 0.25) is 0 Å². The average Bonchev–Trinajstić information content (AvgIpc) is 2.50. The maximum Gasteiger partial charge on any atom is 0.285 e. The number of amides is 1. The molecular formula is C16H14N2O2. The molecule has 1 heterocycles. The number of hydrogen-bond donors (Lipinski definition) is 0. The highest BCUT2D eigenvalue weighted by Crippen LogP contribution is 2.18. The molecule has 4 heteroatoms. The zero-order chi connectivity index (χ0) is 13.9. The van der Waals surface area contributed by atoms with Crippen molar-refractivity contribution in [1.82, 2.24) is 0 Å². The molecule has 0 aliphatic carbocycles. The lowest BCUT2D eigenvalue weighted by atomic mass is 10.1. The average molecular weight is 266 g/mol. The third-order valence-corrected chi connectivity index (χ3v) is 3.06. The van der Waals surface area contributed by atoms with Crippen LogP contribution < -0.4 is 5.01 Å². The highest BCUT2D eigenvalue weighted by atomic mass is 16.5. The molecule has 2 aromatic carbocycles. The molecule has 0 saturated carbocycles. The van der Waals surface area contributed by atoms with E-state index in [-0.39, 0.29) is 12.5 Å². The van der Waals surface area contributed by atoms with Crippen LogP contribution in [0.15, 0.2) is 59.7 Å². The van der Waals surface area contributed by atoms with E-state index < -0.39 is 0 Å². The van der Waals surface area contributed by atoms with Crippen molar-refractivity contribution in [3.8, 4) is 0 Å². The van der Waals surface area contributed by atoms with E-state index in [4.69, 9.17) is 4.74 Å². The molecule has 0 radical (unpaired) electrons. The number of nitrogens with zero attached hydrogens (tertiary/aromatic N) is 2. The molecule has 0 fully saturated rings. The lowest BCUT2D eigenvalue weighted by Gasteiger charge is -2.23. The summed E-state index contributed by atoms with van der Waals surface area (Å²) in [6.45, 7) is 2.02. The lowest BCUT2D eigenvalue weighted by molar-refractivity contribution is -0.121. The van der Waals surface area contributed by atoms with Crippen LogP contribution in [-0.4, -0.2) is 18.4 Å². The van der Waals surface area contributed by atoms with Crippen molar-refractivity contribution in [2.75, 3.05) is 11.6 Å². The molecular weight excluding hydrogens is 252 g/mol. The van der Waals surface area contributed by atoms with Gasteiger partial charge in [0.2, 0.25) is 5.90 Å². The third kappa shape index (κ3) is 2.40. The Morgan fingerprint density at radius 1 is 1.05 bits per heavy atom. The number of hydrogen-bond acceptors (Lipinski definition) is 3. The van der Waals surface area contributed by atoms with Crippen LogP contribution in [0.25, 0.3) is 0 Å². The summed E-state index contributed by atoms with van der Waals surface area (Å²) in [5.74, 6) is 0.292. The van der Waals surface area contributed by atoms with Crippen molar-refractivity contribution < 1.29 is 9.53 Å². The van der Waals surface area contributed by atoms with Crippen molar-refractivity contribution in [2.45, 2.75) is 6.92 Å². The summed E-state index contributed by atoms with van der Waals surface area (Å²) >= 11 is 0. The van der Waals surface area contributed by atoms with Gasteiger partial charge < -0.3 is 4.74 Å². The van der Waals surface area contributed by atoms with Crippen molar-refractivity contribution in [2.24, 2.45) is 5.10 Å². The Morgan fingerprint density at radius 3 is 2.45 bits per heavy atom. The second-order valence-corrected chi connectivity index (χ2v) is 4.60. The first-order chi connectivity index (χ1) is 9.74. The van der Waals surface area contributed by atoms with E-state index in [1.165, 1.54) is 10.6 Å². The Kier molecular flexibility index (Phi) is 3.21. The van der Waals surface area contributed by atoms with Crippen LogP contribution >= 0.6 is 0 Å². The van der Waals surface area contributed by atoms with Crippen LogP contribution in [-0.2, 0) is 9.53 Å². The first kappa shape index (κ1) is 12.4. The monoisotopic (exact) mass is 266 g/mol. The lowest BCUT2D eigenvalue weighted by Crippen LogP contribution is -2.36. The largest absolute Gasteiger partial charge is 0.466 e. The molecule has 0 unspecified atom stereocenters. The summed E-state index contributed by atoms with van der Waals surface area (Å²) in [4.78, 5) is 11.9. The minimum Gasteiger partial charge on any atom is -0.466 e. The highest BCUT2D eigenvalue weighted by Gasteiger charge is 2.23. The fourth-order valence-electron chi connectivity index (χ4n) is 1.97. The van der Waals surface area contributed by atoms with Gasteiger partial charge in [-0.05, 0) is 31.2 Å². The van der Waals surface area contributed by atoms with Crippen molar-refractivity contribution in [3.05, 3.63) is 65.7 Å². The molecule has 4 nitrogen and oxygen atoms in total. The highest BCUT2D eigenvalue weighted by molar-refractivity contribution is 6.04. The first-order valence-corrected chi connectivity index (χ1v) is 6.40. The van der Waals surface area contributed by atoms with E-state index in [1.807, 2.05) is 61.5 Å². The Morgan fingerprint density at radius 2 is 1.75 bits per heavy atom. The molecule has 3 rings (SSSR count). The number of aryl methyl sites for hydroxylation is 1. The number of rotatable bonds is 2. The predicted octanol–water partition coefficient (Wildman–Crippen LogP) is 2.72. The summed E-state index contributed by atoms with van der Waals surface area (Å²) in [6.07, 6.45) is 0. The van der Waals surface area contributed by atoms with E-state index in [0.29, 0.717) is 5.90 Å². The van der Waals surface area contributed by atoms with E-state index in [0.717, 1.165) is 11.3 Å². The molecule has 0 N–H and O–H groups in total. The Hall–Kier alpha value is -2.62. The maximum atomic E-state index is 11.9. The van der Waals surface area contributed by atoms with Gasteiger partial charge in [0.25, 0.3) is 5.91 Å². The van der Waals surface area contributed by atoms with Crippen LogP contribution in [0, 0.1) is 6.92 Å². The van der Waals surface area contributed by atoms with E-state index in [2.05, 4.69) is 5.10 Å². The van der Waals surface area contributed by atoms with Crippen LogP contribution in [0.5, 0.6) is 0 Å². The molecule has 0 spiro atoms. The summed E-state index contributed by atoms with van der Waals surface area (Å²) in [5.41, 5.74) is 2.77. The van der Waals surface area contributed by atoms with Gasteiger partial charge in [0.1, 0.15) is 0 Å². The zero-order valence-electron chi connectivity index (χ0n) is 11.1. The Balaban J connectivity index is 1.96. The van der Waals surface area contributed by atoms with E-state index in [1.54, 1.807) is 0 Å². The van der Waals surface area contributed by atoms with Gasteiger partial charge in [-0.15, -0.1) is 5.10 Å². The molecule has 20 heavy (non-hydrogen) atoms. The molecule has 1 aliphatic heterocycles. The Bertz CT molecular complexity index is 648. The number of ether oxygens (including phenoxy) is 1.